The maximum absolute atomic E-state index is 12.4. The fraction of sp³-hybridized carbons (Fsp3) is 0.562. The molecule has 126 valence electrons. The normalized spacial score (nSPS) is 22.9. The van der Waals surface area contributed by atoms with Gasteiger partial charge in [-0.05, 0) is 36.6 Å². The molecule has 0 aromatic heterocycles. The molecule has 0 spiro atoms. The van der Waals surface area contributed by atoms with Crippen LogP contribution in [-0.4, -0.2) is 49.9 Å². The van der Waals surface area contributed by atoms with Crippen molar-refractivity contribution in [2.75, 3.05) is 32.9 Å². The topological polar surface area (TPSA) is 50.8 Å². The van der Waals surface area contributed by atoms with Gasteiger partial charge in [-0.1, -0.05) is 23.2 Å². The van der Waals surface area contributed by atoms with Crippen molar-refractivity contribution in [1.82, 2.24) is 10.2 Å². The van der Waals surface area contributed by atoms with Crippen LogP contribution >= 0.6 is 23.2 Å². The second kappa shape index (κ2) is 7.71. The Kier molecular flexibility index (Phi) is 5.64. The maximum Gasteiger partial charge on any atom is 0.317 e. The first kappa shape index (κ1) is 16.8. The predicted octanol–water partition coefficient (Wildman–Crippen LogP) is 3.26. The number of carbonyl (C=O) groups excluding carboxylic acids is 1. The summed E-state index contributed by atoms with van der Waals surface area (Å²) in [7, 11) is 0. The lowest BCUT2D eigenvalue weighted by molar-refractivity contribution is -0.0165. The molecule has 0 aliphatic carbocycles. The molecule has 1 unspecified atom stereocenters. The van der Waals surface area contributed by atoms with E-state index in [4.69, 9.17) is 32.7 Å². The molecule has 2 aliphatic rings. The van der Waals surface area contributed by atoms with E-state index in [0.29, 0.717) is 43.0 Å². The highest BCUT2D eigenvalue weighted by molar-refractivity contribution is 6.34. The number of morpholine rings is 1. The Labute approximate surface area is 145 Å². The molecular weight excluding hydrogens is 339 g/mol. The highest BCUT2D eigenvalue weighted by Crippen LogP contribution is 2.28. The van der Waals surface area contributed by atoms with Crippen molar-refractivity contribution in [3.8, 4) is 0 Å². The van der Waals surface area contributed by atoms with Crippen molar-refractivity contribution in [3.05, 3.63) is 33.8 Å². The minimum absolute atomic E-state index is 0.0432. The van der Waals surface area contributed by atoms with Crippen LogP contribution in [0.3, 0.4) is 0 Å². The van der Waals surface area contributed by atoms with Crippen molar-refractivity contribution in [2.24, 2.45) is 0 Å². The molecule has 0 saturated carbocycles. The average molecular weight is 359 g/mol. The van der Waals surface area contributed by atoms with Crippen LogP contribution < -0.4 is 5.32 Å². The summed E-state index contributed by atoms with van der Waals surface area (Å²) in [5, 5.41) is 4.22. The molecule has 1 N–H and O–H groups in total. The number of nitrogens with one attached hydrogen (secondary N) is 1. The molecule has 2 fully saturated rings. The standard InChI is InChI=1S/C16H20Cl2N2O3/c17-12-7-11(8-13(18)9-12)15-10-20(3-6-23-15)16(21)19-14-1-4-22-5-2-14/h7-9,14-15H,1-6,10H2,(H,19,21). The largest absolute Gasteiger partial charge is 0.381 e. The molecule has 23 heavy (non-hydrogen) atoms. The Balaban J connectivity index is 1.62. The van der Waals surface area contributed by atoms with Gasteiger partial charge in [0.15, 0.2) is 0 Å². The number of urea groups is 1. The molecule has 7 heteroatoms. The number of rotatable bonds is 2. The van der Waals surface area contributed by atoms with Gasteiger partial charge in [0.25, 0.3) is 0 Å². The second-order valence-electron chi connectivity index (χ2n) is 5.84. The van der Waals surface area contributed by atoms with Crippen LogP contribution in [-0.2, 0) is 9.47 Å². The minimum Gasteiger partial charge on any atom is -0.381 e. The highest BCUT2D eigenvalue weighted by atomic mass is 35.5. The van der Waals surface area contributed by atoms with E-state index in [9.17, 15) is 4.79 Å². The van der Waals surface area contributed by atoms with Crippen molar-refractivity contribution < 1.29 is 14.3 Å². The van der Waals surface area contributed by atoms with Crippen molar-refractivity contribution in [2.45, 2.75) is 25.0 Å². The smallest absolute Gasteiger partial charge is 0.317 e. The van der Waals surface area contributed by atoms with Gasteiger partial charge < -0.3 is 19.7 Å². The number of halogens is 2. The van der Waals surface area contributed by atoms with Crippen LogP contribution in [0.4, 0.5) is 4.79 Å². The highest BCUT2D eigenvalue weighted by Gasteiger charge is 2.27. The van der Waals surface area contributed by atoms with Gasteiger partial charge in [0.1, 0.15) is 6.10 Å². The molecule has 5 nitrogen and oxygen atoms in total. The monoisotopic (exact) mass is 358 g/mol. The molecule has 2 amide bonds. The van der Waals surface area contributed by atoms with E-state index >= 15 is 0 Å². The van der Waals surface area contributed by atoms with Crippen LogP contribution in [0.15, 0.2) is 18.2 Å². The molecule has 2 aliphatic heterocycles. The van der Waals surface area contributed by atoms with Crippen LogP contribution in [0.1, 0.15) is 24.5 Å². The second-order valence-corrected chi connectivity index (χ2v) is 6.72. The zero-order valence-electron chi connectivity index (χ0n) is 12.8. The first-order chi connectivity index (χ1) is 11.1. The third-order valence-corrected chi connectivity index (χ3v) is 4.60. The maximum atomic E-state index is 12.4. The Morgan fingerprint density at radius 3 is 2.52 bits per heavy atom. The van der Waals surface area contributed by atoms with Crippen LogP contribution in [0.2, 0.25) is 10.0 Å². The summed E-state index contributed by atoms with van der Waals surface area (Å²) in [4.78, 5) is 14.2. The zero-order valence-corrected chi connectivity index (χ0v) is 14.3. The fourth-order valence-corrected chi connectivity index (χ4v) is 3.45. The fourth-order valence-electron chi connectivity index (χ4n) is 2.90. The first-order valence-corrected chi connectivity index (χ1v) is 8.58. The lowest BCUT2D eigenvalue weighted by Gasteiger charge is -2.35. The summed E-state index contributed by atoms with van der Waals surface area (Å²) in [6.07, 6.45) is 1.52. The van der Waals surface area contributed by atoms with Gasteiger partial charge in [0.05, 0.1) is 13.2 Å². The van der Waals surface area contributed by atoms with E-state index in [1.165, 1.54) is 0 Å². The van der Waals surface area contributed by atoms with Gasteiger partial charge in [-0.25, -0.2) is 4.79 Å². The molecule has 2 saturated heterocycles. The van der Waals surface area contributed by atoms with E-state index < -0.39 is 0 Å². The SMILES string of the molecule is O=C(NC1CCOCC1)N1CCOC(c2cc(Cl)cc(Cl)c2)C1. The van der Waals surface area contributed by atoms with E-state index in [-0.39, 0.29) is 18.2 Å². The quantitative estimate of drug-likeness (QED) is 0.882. The van der Waals surface area contributed by atoms with Crippen molar-refractivity contribution in [1.29, 1.82) is 0 Å². The molecule has 1 aromatic carbocycles. The van der Waals surface area contributed by atoms with Gasteiger partial charge in [-0.3, -0.25) is 0 Å². The number of benzene rings is 1. The van der Waals surface area contributed by atoms with E-state index in [2.05, 4.69) is 5.32 Å². The summed E-state index contributed by atoms with van der Waals surface area (Å²) in [6, 6.07) is 5.50. The van der Waals surface area contributed by atoms with E-state index in [1.807, 2.05) is 12.1 Å². The molecular formula is C16H20Cl2N2O3. The van der Waals surface area contributed by atoms with Gasteiger partial charge in [0, 0.05) is 35.8 Å². The van der Waals surface area contributed by atoms with Crippen molar-refractivity contribution >= 4 is 29.2 Å². The zero-order chi connectivity index (χ0) is 16.2. The Morgan fingerprint density at radius 2 is 1.83 bits per heavy atom. The van der Waals surface area contributed by atoms with Crippen LogP contribution in [0, 0.1) is 0 Å². The van der Waals surface area contributed by atoms with Gasteiger partial charge >= 0.3 is 6.03 Å². The molecule has 2 heterocycles. The van der Waals surface area contributed by atoms with Gasteiger partial charge in [-0.15, -0.1) is 0 Å². The Hall–Kier alpha value is -1.01. The summed E-state index contributed by atoms with van der Waals surface area (Å²) in [5.41, 5.74) is 0.895. The molecule has 1 aromatic rings. The molecule has 0 bridgehead atoms. The Bertz CT molecular complexity index is 544. The van der Waals surface area contributed by atoms with Gasteiger partial charge in [0.2, 0.25) is 0 Å². The summed E-state index contributed by atoms with van der Waals surface area (Å²) < 4.78 is 11.1. The number of ether oxygens (including phenoxy) is 2. The number of nitrogens with zero attached hydrogens (tertiary/aromatic N) is 1. The number of hydrogen-bond donors (Lipinski definition) is 1. The summed E-state index contributed by atoms with van der Waals surface area (Å²) in [5.74, 6) is 0. The summed E-state index contributed by atoms with van der Waals surface area (Å²) in [6.45, 7) is 2.98. The predicted molar refractivity (Wildman–Crippen MR) is 89.1 cm³/mol. The number of carbonyl (C=O) groups is 1. The lowest BCUT2D eigenvalue weighted by atomic mass is 10.1. The van der Waals surface area contributed by atoms with E-state index in [1.54, 1.807) is 11.0 Å². The minimum atomic E-state index is -0.208. The molecule has 0 radical (unpaired) electrons. The first-order valence-electron chi connectivity index (χ1n) is 7.82. The average Bonchev–Trinajstić information content (AvgIpc) is 2.55. The third kappa shape index (κ3) is 4.51. The number of hydrogen-bond acceptors (Lipinski definition) is 3. The van der Waals surface area contributed by atoms with Gasteiger partial charge in [-0.2, -0.15) is 0 Å². The van der Waals surface area contributed by atoms with Crippen LogP contribution in [0.5, 0.6) is 0 Å². The molecule has 1 atom stereocenters. The van der Waals surface area contributed by atoms with Crippen molar-refractivity contribution in [3.63, 3.8) is 0 Å². The molecule has 3 rings (SSSR count). The Morgan fingerprint density at radius 1 is 1.13 bits per heavy atom. The number of amides is 2. The summed E-state index contributed by atoms with van der Waals surface area (Å²) >= 11 is 12.1. The van der Waals surface area contributed by atoms with Crippen LogP contribution in [0.25, 0.3) is 0 Å². The third-order valence-electron chi connectivity index (χ3n) is 4.16. The van der Waals surface area contributed by atoms with E-state index in [0.717, 1.165) is 18.4 Å². The lowest BCUT2D eigenvalue weighted by Crippen LogP contribution is -2.50.